The van der Waals surface area contributed by atoms with Gasteiger partial charge >= 0.3 is 0 Å². The summed E-state index contributed by atoms with van der Waals surface area (Å²) in [5.74, 6) is 1.76. The number of H-pyrrole nitrogens is 1. The molecule has 148 valence electrons. The average Bonchev–Trinajstić information content (AvgIpc) is 3.21. The fourth-order valence-electron chi connectivity index (χ4n) is 4.54. The van der Waals surface area contributed by atoms with E-state index in [0.29, 0.717) is 6.04 Å². The minimum atomic E-state index is 0.458. The van der Waals surface area contributed by atoms with Gasteiger partial charge in [0.05, 0.1) is 7.11 Å². The number of methoxy groups -OCH3 is 1. The Kier molecular flexibility index (Phi) is 5.70. The number of benzene rings is 2. The molecule has 1 saturated heterocycles. The predicted octanol–water partition coefficient (Wildman–Crippen LogP) is 6.18. The van der Waals surface area contributed by atoms with Gasteiger partial charge in [0.25, 0.3) is 0 Å². The van der Waals surface area contributed by atoms with E-state index in [4.69, 9.17) is 4.74 Å². The lowest BCUT2D eigenvalue weighted by Crippen LogP contribution is -2.35. The summed E-state index contributed by atoms with van der Waals surface area (Å²) >= 11 is 1.80. The van der Waals surface area contributed by atoms with Crippen molar-refractivity contribution in [3.8, 4) is 5.75 Å². The van der Waals surface area contributed by atoms with Crippen LogP contribution in [0.3, 0.4) is 0 Å². The van der Waals surface area contributed by atoms with Crippen LogP contribution in [-0.2, 0) is 6.54 Å². The summed E-state index contributed by atoms with van der Waals surface area (Å²) < 4.78 is 5.79. The minimum absolute atomic E-state index is 0.458. The molecule has 1 fully saturated rings. The highest BCUT2D eigenvalue weighted by molar-refractivity contribution is 7.98. The van der Waals surface area contributed by atoms with Gasteiger partial charge in [0.15, 0.2) is 0 Å². The minimum Gasteiger partial charge on any atom is -0.496 e. The Labute approximate surface area is 172 Å². The molecule has 1 aromatic heterocycles. The third-order valence-corrected chi connectivity index (χ3v) is 6.91. The molecule has 0 bridgehead atoms. The number of fused-ring (bicyclic) bond motifs is 1. The van der Waals surface area contributed by atoms with Crippen molar-refractivity contribution in [1.82, 2.24) is 9.88 Å². The number of aromatic amines is 1. The maximum atomic E-state index is 5.79. The van der Waals surface area contributed by atoms with Crippen molar-refractivity contribution >= 4 is 22.7 Å². The number of rotatable bonds is 5. The van der Waals surface area contributed by atoms with E-state index < -0.39 is 0 Å². The summed E-state index contributed by atoms with van der Waals surface area (Å²) in [5.41, 5.74) is 5.18. The highest BCUT2D eigenvalue weighted by Crippen LogP contribution is 2.38. The van der Waals surface area contributed by atoms with Gasteiger partial charge in [-0.2, -0.15) is 0 Å². The SMILES string of the molecule is COc1cc(C)c2[nH]ccc2c1CN1CC[C@@H](C)C[C@H]1c1ccc(SC)cc1. The third kappa shape index (κ3) is 3.68. The Bertz CT molecular complexity index is 947. The highest BCUT2D eigenvalue weighted by Gasteiger charge is 2.29. The first-order chi connectivity index (χ1) is 13.6. The molecule has 1 N–H and O–H groups in total. The van der Waals surface area contributed by atoms with Crippen molar-refractivity contribution in [2.45, 2.75) is 44.2 Å². The third-order valence-electron chi connectivity index (χ3n) is 6.17. The van der Waals surface area contributed by atoms with Crippen molar-refractivity contribution in [2.24, 2.45) is 5.92 Å². The summed E-state index contributed by atoms with van der Waals surface area (Å²) in [5, 5.41) is 1.28. The smallest absolute Gasteiger partial charge is 0.124 e. The zero-order valence-electron chi connectivity index (χ0n) is 17.3. The molecule has 0 spiro atoms. The molecule has 2 aromatic carbocycles. The van der Waals surface area contributed by atoms with Crippen molar-refractivity contribution in [2.75, 3.05) is 19.9 Å². The maximum Gasteiger partial charge on any atom is 0.124 e. The quantitative estimate of drug-likeness (QED) is 0.524. The van der Waals surface area contributed by atoms with Crippen LogP contribution in [0.4, 0.5) is 0 Å². The second-order valence-corrected chi connectivity index (χ2v) is 8.91. The molecule has 28 heavy (non-hydrogen) atoms. The Morgan fingerprint density at radius 2 is 2.00 bits per heavy atom. The molecule has 0 radical (unpaired) electrons. The molecule has 1 aliphatic rings. The van der Waals surface area contributed by atoms with Gasteiger partial charge in [-0.25, -0.2) is 0 Å². The number of piperidine rings is 1. The topological polar surface area (TPSA) is 28.3 Å². The number of nitrogens with one attached hydrogen (secondary N) is 1. The average molecular weight is 395 g/mol. The van der Waals surface area contributed by atoms with Crippen molar-refractivity contribution < 1.29 is 4.74 Å². The molecule has 4 rings (SSSR count). The normalized spacial score (nSPS) is 20.6. The van der Waals surface area contributed by atoms with Crippen LogP contribution in [-0.4, -0.2) is 29.8 Å². The van der Waals surface area contributed by atoms with E-state index >= 15 is 0 Å². The van der Waals surface area contributed by atoms with E-state index in [2.05, 4.69) is 66.4 Å². The second-order valence-electron chi connectivity index (χ2n) is 8.03. The fourth-order valence-corrected chi connectivity index (χ4v) is 4.94. The Morgan fingerprint density at radius 1 is 1.21 bits per heavy atom. The molecule has 3 aromatic rings. The summed E-state index contributed by atoms with van der Waals surface area (Å²) in [6.07, 6.45) is 6.64. The summed E-state index contributed by atoms with van der Waals surface area (Å²) in [6, 6.07) is 14.0. The Balaban J connectivity index is 1.69. The van der Waals surface area contributed by atoms with E-state index in [1.54, 1.807) is 18.9 Å². The number of aryl methyl sites for hydroxylation is 1. The molecule has 2 atom stereocenters. The molecular formula is C24H30N2OS. The van der Waals surface area contributed by atoms with Crippen LogP contribution in [0, 0.1) is 12.8 Å². The molecular weight excluding hydrogens is 364 g/mol. The number of nitrogens with zero attached hydrogens (tertiary/aromatic N) is 1. The first kappa shape index (κ1) is 19.4. The Hall–Kier alpha value is -1.91. The lowest BCUT2D eigenvalue weighted by atomic mass is 9.87. The number of likely N-dealkylation sites (tertiary alicyclic amines) is 1. The second kappa shape index (κ2) is 8.22. The van der Waals surface area contributed by atoms with Crippen LogP contribution >= 0.6 is 11.8 Å². The van der Waals surface area contributed by atoms with Crippen molar-refractivity contribution in [3.05, 3.63) is 59.3 Å². The maximum absolute atomic E-state index is 5.79. The zero-order valence-corrected chi connectivity index (χ0v) is 18.1. The molecule has 0 unspecified atom stereocenters. The molecule has 4 heteroatoms. The van der Waals surface area contributed by atoms with Crippen LogP contribution in [0.2, 0.25) is 0 Å². The molecule has 1 aliphatic heterocycles. The number of ether oxygens (including phenoxy) is 1. The molecule has 2 heterocycles. The van der Waals surface area contributed by atoms with Gasteiger partial charge in [0.2, 0.25) is 0 Å². The number of aromatic nitrogens is 1. The van der Waals surface area contributed by atoms with Gasteiger partial charge in [0.1, 0.15) is 5.75 Å². The highest BCUT2D eigenvalue weighted by atomic mass is 32.2. The Morgan fingerprint density at radius 3 is 2.71 bits per heavy atom. The van der Waals surface area contributed by atoms with E-state index in [9.17, 15) is 0 Å². The molecule has 0 amide bonds. The summed E-state index contributed by atoms with van der Waals surface area (Å²) in [4.78, 5) is 7.38. The first-order valence-corrected chi connectivity index (χ1v) is 11.3. The predicted molar refractivity (Wildman–Crippen MR) is 119 cm³/mol. The van der Waals surface area contributed by atoms with Crippen molar-refractivity contribution in [1.29, 1.82) is 0 Å². The summed E-state index contributed by atoms with van der Waals surface area (Å²) in [6.45, 7) is 6.57. The first-order valence-electron chi connectivity index (χ1n) is 10.1. The monoisotopic (exact) mass is 394 g/mol. The van der Waals surface area contributed by atoms with Crippen LogP contribution in [0.25, 0.3) is 10.9 Å². The van der Waals surface area contributed by atoms with Gasteiger partial charge in [-0.05, 0) is 73.9 Å². The van der Waals surface area contributed by atoms with Crippen molar-refractivity contribution in [3.63, 3.8) is 0 Å². The fraction of sp³-hybridized carbons (Fsp3) is 0.417. The van der Waals surface area contributed by atoms with Gasteiger partial charge in [-0.1, -0.05) is 19.1 Å². The van der Waals surface area contributed by atoms with E-state index in [-0.39, 0.29) is 0 Å². The summed E-state index contributed by atoms with van der Waals surface area (Å²) in [7, 11) is 1.79. The van der Waals surface area contributed by atoms with Crippen LogP contribution in [0.1, 0.15) is 42.5 Å². The van der Waals surface area contributed by atoms with Gasteiger partial charge in [-0.3, -0.25) is 4.90 Å². The number of thioether (sulfide) groups is 1. The standard InChI is InChI=1S/C24H30N2OS/c1-16-10-12-26(22(13-16)18-5-7-19(28-4)8-6-18)15-21-20-9-11-25-24(20)17(2)14-23(21)27-3/h5-9,11,14,16,22,25H,10,12-13,15H2,1-4H3/t16-,22+/m1/s1. The largest absolute Gasteiger partial charge is 0.496 e. The number of hydrogen-bond donors (Lipinski definition) is 1. The van der Waals surface area contributed by atoms with Crippen LogP contribution in [0.15, 0.2) is 47.5 Å². The van der Waals surface area contributed by atoms with Gasteiger partial charge < -0.3 is 9.72 Å². The van der Waals surface area contributed by atoms with Gasteiger partial charge in [0, 0.05) is 40.1 Å². The molecule has 0 aliphatic carbocycles. The van der Waals surface area contributed by atoms with Crippen LogP contribution in [0.5, 0.6) is 5.75 Å². The molecule has 3 nitrogen and oxygen atoms in total. The van der Waals surface area contributed by atoms with Crippen LogP contribution < -0.4 is 4.74 Å². The van der Waals surface area contributed by atoms with Gasteiger partial charge in [-0.15, -0.1) is 11.8 Å². The lowest BCUT2D eigenvalue weighted by Gasteiger charge is -2.39. The molecule has 0 saturated carbocycles. The van der Waals surface area contributed by atoms with E-state index in [1.807, 2.05) is 6.20 Å². The lowest BCUT2D eigenvalue weighted by molar-refractivity contribution is 0.110. The number of hydrogen-bond acceptors (Lipinski definition) is 3. The zero-order chi connectivity index (χ0) is 19.7. The van der Waals surface area contributed by atoms with E-state index in [0.717, 1.165) is 24.8 Å². The van der Waals surface area contributed by atoms with E-state index in [1.165, 1.54) is 45.3 Å².